The van der Waals surface area contributed by atoms with Gasteiger partial charge in [-0.15, -0.1) is 0 Å². The Hall–Kier alpha value is -4.35. The van der Waals surface area contributed by atoms with E-state index in [2.05, 4.69) is 20.9 Å². The maximum atomic E-state index is 14.4. The van der Waals surface area contributed by atoms with Crippen molar-refractivity contribution in [2.45, 2.75) is 44.3 Å². The average Bonchev–Trinajstić information content (AvgIpc) is 3.47. The molecule has 16 heteroatoms. The Labute approximate surface area is 302 Å². The van der Waals surface area contributed by atoms with Crippen LogP contribution in [0.15, 0.2) is 30.3 Å². The van der Waals surface area contributed by atoms with Crippen LogP contribution in [0, 0.1) is 5.82 Å². The molecule has 1 unspecified atom stereocenters. The lowest BCUT2D eigenvalue weighted by atomic mass is 10.0. The number of amides is 4. The highest BCUT2D eigenvalue weighted by molar-refractivity contribution is 6.06. The topological polar surface area (TPSA) is 183 Å². The van der Waals surface area contributed by atoms with Gasteiger partial charge in [0.25, 0.3) is 11.8 Å². The zero-order chi connectivity index (χ0) is 36.9. The van der Waals surface area contributed by atoms with Gasteiger partial charge in [0, 0.05) is 68.1 Å². The molecule has 0 saturated carbocycles. The van der Waals surface area contributed by atoms with Crippen LogP contribution in [0.3, 0.4) is 0 Å². The summed E-state index contributed by atoms with van der Waals surface area (Å²) < 4.78 is 42.0. The quantitative estimate of drug-likeness (QED) is 0.0879. The normalized spacial score (nSPS) is 18.0. The number of hydrogen-bond acceptors (Lipinski definition) is 12. The summed E-state index contributed by atoms with van der Waals surface area (Å²) in [4.78, 5) is 53.2. The number of carbonyl (C=O) groups is 4. The minimum Gasteiger partial charge on any atom is -0.497 e. The van der Waals surface area contributed by atoms with E-state index in [1.807, 2.05) is 6.07 Å². The van der Waals surface area contributed by atoms with Crippen LogP contribution in [0.4, 0.5) is 15.8 Å². The first-order valence-electron chi connectivity index (χ1n) is 17.7. The Morgan fingerprint density at radius 2 is 1.62 bits per heavy atom. The Morgan fingerprint density at radius 3 is 2.29 bits per heavy atom. The molecule has 52 heavy (non-hydrogen) atoms. The summed E-state index contributed by atoms with van der Waals surface area (Å²) >= 11 is 0. The summed E-state index contributed by atoms with van der Waals surface area (Å²) in [5, 5.41) is 8.56. The smallest absolute Gasteiger partial charge is 0.255 e. The summed E-state index contributed by atoms with van der Waals surface area (Å²) in [5.74, 6) is -1.84. The third-order valence-corrected chi connectivity index (χ3v) is 9.29. The van der Waals surface area contributed by atoms with Crippen LogP contribution in [-0.2, 0) is 35.1 Å². The second-order valence-corrected chi connectivity index (χ2v) is 12.8. The molecular weight excluding hydrogens is 679 g/mol. The predicted octanol–water partition coefficient (Wildman–Crippen LogP) is 1.55. The number of piperidine rings is 2. The molecule has 3 heterocycles. The van der Waals surface area contributed by atoms with Crippen LogP contribution in [0.5, 0.6) is 5.75 Å². The summed E-state index contributed by atoms with van der Waals surface area (Å²) in [7, 11) is 1.44. The molecule has 0 aliphatic carbocycles. The van der Waals surface area contributed by atoms with Gasteiger partial charge in [0.05, 0.1) is 71.2 Å². The molecule has 3 aliphatic rings. The number of imide groups is 1. The number of nitrogens with zero attached hydrogens (tertiary/aromatic N) is 2. The predicted molar refractivity (Wildman–Crippen MR) is 189 cm³/mol. The first-order valence-corrected chi connectivity index (χ1v) is 17.7. The van der Waals surface area contributed by atoms with Gasteiger partial charge in [-0.1, -0.05) is 6.07 Å². The molecule has 0 spiro atoms. The monoisotopic (exact) mass is 728 g/mol. The molecule has 0 bridgehead atoms. The number of benzene rings is 2. The number of ether oxygens (including phenoxy) is 5. The van der Waals surface area contributed by atoms with Crippen LogP contribution in [0.1, 0.15) is 52.0 Å². The van der Waals surface area contributed by atoms with Gasteiger partial charge in [-0.3, -0.25) is 24.5 Å². The molecule has 3 aliphatic heterocycles. The number of nitrogens with one attached hydrogen (secondary N) is 3. The first kappa shape index (κ1) is 38.9. The summed E-state index contributed by atoms with van der Waals surface area (Å²) in [6.45, 7) is 6.93. The second kappa shape index (κ2) is 19.5. The molecule has 2 saturated heterocycles. The number of anilines is 2. The van der Waals surface area contributed by atoms with E-state index in [0.29, 0.717) is 83.7 Å². The zero-order valence-corrected chi connectivity index (χ0v) is 29.6. The summed E-state index contributed by atoms with van der Waals surface area (Å²) in [5.41, 5.74) is 7.65. The van der Waals surface area contributed by atoms with Crippen LogP contribution in [-0.4, -0.2) is 132 Å². The average molecular weight is 729 g/mol. The molecule has 2 aromatic rings. The van der Waals surface area contributed by atoms with Gasteiger partial charge in [-0.25, -0.2) is 4.39 Å². The van der Waals surface area contributed by atoms with Gasteiger partial charge in [-0.05, 0) is 37.5 Å². The van der Waals surface area contributed by atoms with Crippen molar-refractivity contribution in [3.05, 3.63) is 52.8 Å². The van der Waals surface area contributed by atoms with Crippen molar-refractivity contribution in [3.63, 3.8) is 0 Å². The third kappa shape index (κ3) is 10.6. The molecule has 0 aromatic heterocycles. The van der Waals surface area contributed by atoms with Crippen molar-refractivity contribution >= 4 is 35.0 Å². The van der Waals surface area contributed by atoms with E-state index < -0.39 is 23.7 Å². The fourth-order valence-corrected chi connectivity index (χ4v) is 6.43. The van der Waals surface area contributed by atoms with Crippen molar-refractivity contribution in [2.75, 3.05) is 97.2 Å². The Bertz CT molecular complexity index is 1550. The minimum absolute atomic E-state index is 0.0477. The van der Waals surface area contributed by atoms with Gasteiger partial charge in [0.2, 0.25) is 11.8 Å². The fraction of sp³-hybridized carbons (Fsp3) is 0.556. The maximum absolute atomic E-state index is 14.4. The van der Waals surface area contributed by atoms with E-state index >= 15 is 0 Å². The number of fused-ring (bicyclic) bond motifs is 1. The van der Waals surface area contributed by atoms with E-state index in [0.717, 1.165) is 43.7 Å². The minimum atomic E-state index is -0.742. The second-order valence-electron chi connectivity index (χ2n) is 12.8. The van der Waals surface area contributed by atoms with E-state index in [-0.39, 0.29) is 35.5 Å². The molecule has 2 fully saturated rings. The van der Waals surface area contributed by atoms with Gasteiger partial charge < -0.3 is 49.9 Å². The van der Waals surface area contributed by atoms with Gasteiger partial charge in [-0.2, -0.15) is 0 Å². The zero-order valence-electron chi connectivity index (χ0n) is 29.6. The number of hydrogen-bond donors (Lipinski definition) is 4. The Kier molecular flexibility index (Phi) is 14.6. The molecule has 5 rings (SSSR count). The Balaban J connectivity index is 0.828. The van der Waals surface area contributed by atoms with Crippen LogP contribution >= 0.6 is 0 Å². The summed E-state index contributed by atoms with van der Waals surface area (Å²) in [6.07, 6.45) is 2.06. The number of rotatable bonds is 20. The number of methoxy groups -OCH3 is 1. The lowest BCUT2D eigenvalue weighted by Gasteiger charge is -2.32. The molecular formula is C36H49FN6O9. The van der Waals surface area contributed by atoms with Crippen LogP contribution < -0.4 is 26.4 Å². The van der Waals surface area contributed by atoms with E-state index in [9.17, 15) is 23.6 Å². The van der Waals surface area contributed by atoms with Crippen LogP contribution in [0.2, 0.25) is 0 Å². The number of likely N-dealkylation sites (tertiary alicyclic amines) is 1. The van der Waals surface area contributed by atoms with Gasteiger partial charge >= 0.3 is 0 Å². The molecule has 2 aromatic carbocycles. The van der Waals surface area contributed by atoms with Gasteiger partial charge in [0.1, 0.15) is 11.8 Å². The molecule has 15 nitrogen and oxygen atoms in total. The third-order valence-electron chi connectivity index (χ3n) is 9.29. The Morgan fingerprint density at radius 1 is 0.942 bits per heavy atom. The van der Waals surface area contributed by atoms with Gasteiger partial charge in [0.15, 0.2) is 5.82 Å². The number of nitrogen functional groups attached to an aromatic ring is 1. The highest BCUT2D eigenvalue weighted by atomic mass is 19.1. The van der Waals surface area contributed by atoms with Crippen molar-refractivity contribution in [3.8, 4) is 5.75 Å². The molecule has 5 N–H and O–H groups in total. The van der Waals surface area contributed by atoms with Crippen LogP contribution in [0.25, 0.3) is 0 Å². The number of carbonyl (C=O) groups excluding carboxylic acids is 4. The SMILES string of the molecule is COc1cc(N)c(F)c(C(=O)NC2CCN(CCOCCOCCOCCOCCNc3cccc4c3CN(C3CCC(=O)NC3=O)C4=O)CC2)c1. The standard InChI is InChI=1S/C36H49FN6O9/c1-48-25-21-27(33(37)29(38)22-25)34(45)40-24-7-10-42(11-8-24)12-14-50-16-18-52-20-19-51-17-15-49-13-9-39-30-4-2-3-26-28(30)23-43(36(26)47)31-5-6-32(44)41-35(31)46/h2-4,21-22,24,31,39H,5-20,23,38H2,1H3,(H,40,45)(H,41,44,46). The van der Waals surface area contributed by atoms with Crippen molar-refractivity contribution in [1.82, 2.24) is 20.4 Å². The van der Waals surface area contributed by atoms with Crippen molar-refractivity contribution in [1.29, 1.82) is 0 Å². The summed E-state index contributed by atoms with van der Waals surface area (Å²) in [6, 6.07) is 7.47. The lowest BCUT2D eigenvalue weighted by molar-refractivity contribution is -0.136. The highest BCUT2D eigenvalue weighted by Gasteiger charge is 2.39. The highest BCUT2D eigenvalue weighted by Crippen LogP contribution is 2.32. The van der Waals surface area contributed by atoms with E-state index in [4.69, 9.17) is 29.4 Å². The molecule has 284 valence electrons. The molecule has 4 amide bonds. The molecule has 1 atom stereocenters. The number of nitrogens with two attached hydrogens (primary N) is 1. The van der Waals surface area contributed by atoms with Crippen molar-refractivity contribution < 1.29 is 47.3 Å². The van der Waals surface area contributed by atoms with E-state index in [1.54, 1.807) is 12.1 Å². The lowest BCUT2D eigenvalue weighted by Crippen LogP contribution is -2.52. The van der Waals surface area contributed by atoms with Crippen molar-refractivity contribution in [2.24, 2.45) is 0 Å². The maximum Gasteiger partial charge on any atom is 0.255 e. The van der Waals surface area contributed by atoms with E-state index in [1.165, 1.54) is 24.1 Å². The number of halogens is 1. The largest absolute Gasteiger partial charge is 0.497 e. The fourth-order valence-electron chi connectivity index (χ4n) is 6.43. The first-order chi connectivity index (χ1) is 25.2. The molecule has 0 radical (unpaired) electrons.